The molecule has 0 bridgehead atoms. The summed E-state index contributed by atoms with van der Waals surface area (Å²) in [4.78, 5) is 9.07. The Morgan fingerprint density at radius 2 is 2.12 bits per heavy atom. The molecule has 0 radical (unpaired) electrons. The van der Waals surface area contributed by atoms with Crippen molar-refractivity contribution in [2.45, 2.75) is 19.9 Å². The van der Waals surface area contributed by atoms with Gasteiger partial charge in [-0.3, -0.25) is 9.80 Å². The molecule has 25 heavy (non-hydrogen) atoms. The average Bonchev–Trinajstić information content (AvgIpc) is 3.08. The molecule has 7 heteroatoms. The quantitative estimate of drug-likeness (QED) is 0.795. The van der Waals surface area contributed by atoms with Gasteiger partial charge < -0.3 is 9.26 Å². The van der Waals surface area contributed by atoms with E-state index in [1.54, 1.807) is 12.1 Å². The van der Waals surface area contributed by atoms with Gasteiger partial charge in [-0.1, -0.05) is 11.2 Å². The second kappa shape index (κ2) is 8.10. The lowest BCUT2D eigenvalue weighted by Crippen LogP contribution is -2.48. The van der Waals surface area contributed by atoms with E-state index in [-0.39, 0.29) is 6.04 Å². The molecule has 0 N–H and O–H groups in total. The van der Waals surface area contributed by atoms with E-state index in [2.05, 4.69) is 32.9 Å². The molecule has 7 nitrogen and oxygen atoms in total. The van der Waals surface area contributed by atoms with E-state index in [4.69, 9.17) is 14.5 Å². The third kappa shape index (κ3) is 4.56. The molecule has 0 saturated carbocycles. The van der Waals surface area contributed by atoms with Crippen molar-refractivity contribution in [3.8, 4) is 11.8 Å². The first-order valence-electron chi connectivity index (χ1n) is 8.55. The minimum Gasteiger partial charge on any atom is -0.492 e. The minimum absolute atomic E-state index is 0.147. The number of aromatic nitrogens is 2. The fourth-order valence-electron chi connectivity index (χ4n) is 2.96. The number of ether oxygens (including phenoxy) is 1. The van der Waals surface area contributed by atoms with Gasteiger partial charge in [0.25, 0.3) is 0 Å². The van der Waals surface area contributed by atoms with E-state index < -0.39 is 0 Å². The third-order valence-corrected chi connectivity index (χ3v) is 4.49. The molecular weight excluding hydrogens is 318 g/mol. The Hall–Kier alpha value is -2.43. The van der Waals surface area contributed by atoms with Crippen molar-refractivity contribution >= 4 is 0 Å². The van der Waals surface area contributed by atoms with Gasteiger partial charge in [-0.15, -0.1) is 0 Å². The monoisotopic (exact) mass is 341 g/mol. The number of piperazine rings is 1. The second-order valence-corrected chi connectivity index (χ2v) is 6.22. The maximum Gasteiger partial charge on any atom is 0.243 e. The Kier molecular flexibility index (Phi) is 5.64. The summed E-state index contributed by atoms with van der Waals surface area (Å²) < 4.78 is 11.0. The Bertz CT molecular complexity index is 731. The third-order valence-electron chi connectivity index (χ3n) is 4.49. The molecule has 2 heterocycles. The maximum atomic E-state index is 8.91. The normalized spacial score (nSPS) is 17.2. The zero-order chi connectivity index (χ0) is 17.6. The number of benzene rings is 1. The molecule has 1 aromatic heterocycles. The van der Waals surface area contributed by atoms with Crippen LogP contribution in [0.1, 0.15) is 30.2 Å². The zero-order valence-corrected chi connectivity index (χ0v) is 14.7. The van der Waals surface area contributed by atoms with E-state index in [0.29, 0.717) is 23.9 Å². The Morgan fingerprint density at radius 3 is 2.80 bits per heavy atom. The highest BCUT2D eigenvalue weighted by Crippen LogP contribution is 2.20. The van der Waals surface area contributed by atoms with Crippen LogP contribution in [-0.2, 0) is 0 Å². The fraction of sp³-hybridized carbons (Fsp3) is 0.500. The smallest absolute Gasteiger partial charge is 0.243 e. The first-order valence-corrected chi connectivity index (χ1v) is 8.55. The van der Waals surface area contributed by atoms with Crippen LogP contribution in [0.5, 0.6) is 5.75 Å². The Labute approximate surface area is 147 Å². The molecule has 1 aliphatic rings. The molecule has 1 unspecified atom stereocenters. The summed E-state index contributed by atoms with van der Waals surface area (Å²) in [6, 6.07) is 9.54. The molecule has 3 rings (SSSR count). The highest BCUT2D eigenvalue weighted by Gasteiger charge is 2.25. The zero-order valence-electron chi connectivity index (χ0n) is 14.7. The largest absolute Gasteiger partial charge is 0.492 e. The van der Waals surface area contributed by atoms with Gasteiger partial charge in [-0.2, -0.15) is 10.2 Å². The molecule has 0 aliphatic carbocycles. The summed E-state index contributed by atoms with van der Waals surface area (Å²) >= 11 is 0. The van der Waals surface area contributed by atoms with Crippen molar-refractivity contribution in [1.82, 2.24) is 19.9 Å². The highest BCUT2D eigenvalue weighted by atomic mass is 16.5. The number of nitriles is 1. The summed E-state index contributed by atoms with van der Waals surface area (Å²) in [5.41, 5.74) is 0.622. The lowest BCUT2D eigenvalue weighted by molar-refractivity contribution is 0.0800. The molecule has 0 amide bonds. The standard InChI is InChI=1S/C18H23N5O2/c1-14(18-20-15(2)21-25-18)23-8-6-22(7-9-23)10-11-24-17-5-3-4-16(12-17)13-19/h3-5,12,14H,6-11H2,1-2H3. The van der Waals surface area contributed by atoms with Crippen molar-refractivity contribution in [2.75, 3.05) is 39.3 Å². The van der Waals surface area contributed by atoms with Crippen molar-refractivity contribution in [3.63, 3.8) is 0 Å². The van der Waals surface area contributed by atoms with Gasteiger partial charge in [-0.05, 0) is 32.0 Å². The summed E-state index contributed by atoms with van der Waals surface area (Å²) in [6.45, 7) is 9.33. The molecular formula is C18H23N5O2. The van der Waals surface area contributed by atoms with Crippen LogP contribution in [0, 0.1) is 18.3 Å². The van der Waals surface area contributed by atoms with Crippen LogP contribution in [0.15, 0.2) is 28.8 Å². The predicted molar refractivity (Wildman–Crippen MR) is 92.1 cm³/mol. The van der Waals surface area contributed by atoms with E-state index in [0.717, 1.165) is 38.5 Å². The molecule has 1 aromatic carbocycles. The fourth-order valence-corrected chi connectivity index (χ4v) is 2.96. The molecule has 132 valence electrons. The number of hydrogen-bond acceptors (Lipinski definition) is 7. The van der Waals surface area contributed by atoms with Crippen LogP contribution in [0.3, 0.4) is 0 Å². The Morgan fingerprint density at radius 1 is 1.32 bits per heavy atom. The topological polar surface area (TPSA) is 78.4 Å². The molecule has 0 spiro atoms. The number of aryl methyl sites for hydroxylation is 1. The predicted octanol–water partition coefficient (Wildman–Crippen LogP) is 2.01. The molecule has 1 saturated heterocycles. The minimum atomic E-state index is 0.147. The second-order valence-electron chi connectivity index (χ2n) is 6.22. The summed E-state index contributed by atoms with van der Waals surface area (Å²) in [6.07, 6.45) is 0. The molecule has 1 atom stereocenters. The molecule has 2 aromatic rings. The lowest BCUT2D eigenvalue weighted by Gasteiger charge is -2.36. The SMILES string of the molecule is Cc1noc(C(C)N2CCN(CCOc3cccc(C#N)c3)CC2)n1. The van der Waals surface area contributed by atoms with Crippen LogP contribution < -0.4 is 4.74 Å². The van der Waals surface area contributed by atoms with Crippen LogP contribution in [0.25, 0.3) is 0 Å². The van der Waals surface area contributed by atoms with Gasteiger partial charge in [0.15, 0.2) is 5.82 Å². The van der Waals surface area contributed by atoms with E-state index in [9.17, 15) is 0 Å². The van der Waals surface area contributed by atoms with Gasteiger partial charge in [0, 0.05) is 32.7 Å². The van der Waals surface area contributed by atoms with Gasteiger partial charge in [0.2, 0.25) is 5.89 Å². The maximum absolute atomic E-state index is 8.91. The number of hydrogen-bond donors (Lipinski definition) is 0. The van der Waals surface area contributed by atoms with Crippen LogP contribution in [0.4, 0.5) is 0 Å². The summed E-state index contributed by atoms with van der Waals surface area (Å²) in [5.74, 6) is 2.11. The van der Waals surface area contributed by atoms with Gasteiger partial charge in [0.05, 0.1) is 17.7 Å². The molecule has 1 fully saturated rings. The Balaban J connectivity index is 1.41. The van der Waals surface area contributed by atoms with Crippen LogP contribution in [-0.4, -0.2) is 59.3 Å². The molecule has 1 aliphatic heterocycles. The van der Waals surface area contributed by atoms with Crippen LogP contribution >= 0.6 is 0 Å². The van der Waals surface area contributed by atoms with E-state index in [1.807, 2.05) is 19.1 Å². The van der Waals surface area contributed by atoms with Crippen molar-refractivity contribution in [1.29, 1.82) is 5.26 Å². The number of nitrogens with zero attached hydrogens (tertiary/aromatic N) is 5. The first kappa shape index (κ1) is 17.4. The highest BCUT2D eigenvalue weighted by molar-refractivity contribution is 5.36. The van der Waals surface area contributed by atoms with Gasteiger partial charge >= 0.3 is 0 Å². The van der Waals surface area contributed by atoms with Crippen LogP contribution in [0.2, 0.25) is 0 Å². The van der Waals surface area contributed by atoms with Gasteiger partial charge in [0.1, 0.15) is 12.4 Å². The van der Waals surface area contributed by atoms with E-state index in [1.165, 1.54) is 0 Å². The number of rotatable bonds is 6. The van der Waals surface area contributed by atoms with E-state index >= 15 is 0 Å². The van der Waals surface area contributed by atoms with Crippen molar-refractivity contribution in [3.05, 3.63) is 41.5 Å². The summed E-state index contributed by atoms with van der Waals surface area (Å²) in [7, 11) is 0. The average molecular weight is 341 g/mol. The van der Waals surface area contributed by atoms with Crippen molar-refractivity contribution < 1.29 is 9.26 Å². The summed E-state index contributed by atoms with van der Waals surface area (Å²) in [5, 5.41) is 12.8. The van der Waals surface area contributed by atoms with Gasteiger partial charge in [-0.25, -0.2) is 0 Å². The van der Waals surface area contributed by atoms with Crippen molar-refractivity contribution in [2.24, 2.45) is 0 Å². The lowest BCUT2D eigenvalue weighted by atomic mass is 10.2. The first-order chi connectivity index (χ1) is 12.2.